The molecule has 0 aromatic carbocycles. The average Bonchev–Trinajstić information content (AvgIpc) is 2.32. The van der Waals surface area contributed by atoms with E-state index in [1.54, 1.807) is 0 Å². The third-order valence-corrected chi connectivity index (χ3v) is 2.13. The van der Waals surface area contributed by atoms with Crippen LogP contribution in [0.2, 0.25) is 0 Å². The highest BCUT2D eigenvalue weighted by Crippen LogP contribution is 2.28. The first-order chi connectivity index (χ1) is 5.52. The van der Waals surface area contributed by atoms with Crippen molar-refractivity contribution in [2.45, 2.75) is 25.9 Å². The molecule has 66 valence electrons. The Morgan fingerprint density at radius 3 is 2.42 bits per heavy atom. The zero-order chi connectivity index (χ0) is 9.19. The first-order valence-electron chi connectivity index (χ1n) is 4.24. The Bertz CT molecular complexity index is 221. The van der Waals surface area contributed by atoms with Gasteiger partial charge in [-0.3, -0.25) is 0 Å². The highest BCUT2D eigenvalue weighted by molar-refractivity contribution is 5.22. The lowest BCUT2D eigenvalue weighted by atomic mass is 9.85. The minimum Gasteiger partial charge on any atom is -0.389 e. The standard InChI is InChI=1S/C11H16O/c1-9(2)8-11(3,12)10-6-4-5-7-10/h4-7,10,12H,1,8H2,2-3H3. The van der Waals surface area contributed by atoms with Gasteiger partial charge in [-0.1, -0.05) is 29.9 Å². The second-order valence-corrected chi connectivity index (χ2v) is 3.79. The monoisotopic (exact) mass is 164 g/mol. The fraction of sp³-hybridized carbons (Fsp3) is 0.455. The van der Waals surface area contributed by atoms with Crippen LogP contribution in [0.5, 0.6) is 0 Å². The minimum atomic E-state index is -0.671. The minimum absolute atomic E-state index is 0.147. The lowest BCUT2D eigenvalue weighted by Crippen LogP contribution is -2.31. The zero-order valence-electron chi connectivity index (χ0n) is 7.75. The quantitative estimate of drug-likeness (QED) is 0.635. The second kappa shape index (κ2) is 3.28. The van der Waals surface area contributed by atoms with Crippen molar-refractivity contribution < 1.29 is 5.11 Å². The molecule has 0 amide bonds. The van der Waals surface area contributed by atoms with Gasteiger partial charge in [-0.05, 0) is 20.3 Å². The van der Waals surface area contributed by atoms with E-state index in [0.29, 0.717) is 6.42 Å². The van der Waals surface area contributed by atoms with E-state index in [1.807, 2.05) is 38.2 Å². The molecule has 1 rings (SSSR count). The first kappa shape index (κ1) is 9.27. The maximum atomic E-state index is 10.0. The van der Waals surface area contributed by atoms with Gasteiger partial charge in [0.2, 0.25) is 0 Å². The number of allylic oxidation sites excluding steroid dienone is 2. The van der Waals surface area contributed by atoms with Gasteiger partial charge >= 0.3 is 0 Å². The van der Waals surface area contributed by atoms with E-state index >= 15 is 0 Å². The number of aliphatic hydroxyl groups is 1. The number of hydrogen-bond donors (Lipinski definition) is 1. The molecule has 1 aliphatic rings. The molecule has 0 aliphatic heterocycles. The number of rotatable bonds is 3. The van der Waals surface area contributed by atoms with E-state index in [2.05, 4.69) is 6.58 Å². The summed E-state index contributed by atoms with van der Waals surface area (Å²) >= 11 is 0. The van der Waals surface area contributed by atoms with E-state index < -0.39 is 5.60 Å². The molecule has 1 N–H and O–H groups in total. The summed E-state index contributed by atoms with van der Waals surface area (Å²) in [7, 11) is 0. The third-order valence-electron chi connectivity index (χ3n) is 2.13. The predicted molar refractivity (Wildman–Crippen MR) is 51.8 cm³/mol. The summed E-state index contributed by atoms with van der Waals surface area (Å²) in [6, 6.07) is 0. The topological polar surface area (TPSA) is 20.2 Å². The summed E-state index contributed by atoms with van der Waals surface area (Å²) in [4.78, 5) is 0. The van der Waals surface area contributed by atoms with Gasteiger partial charge in [0.15, 0.2) is 0 Å². The summed E-state index contributed by atoms with van der Waals surface area (Å²) in [6.07, 6.45) is 8.63. The summed E-state index contributed by atoms with van der Waals surface area (Å²) in [5, 5.41) is 10.0. The molecule has 1 nitrogen and oxygen atoms in total. The van der Waals surface area contributed by atoms with Gasteiger partial charge in [0.05, 0.1) is 5.60 Å². The molecule has 1 unspecified atom stereocenters. The van der Waals surface area contributed by atoms with Crippen molar-refractivity contribution in [3.8, 4) is 0 Å². The molecule has 1 atom stereocenters. The Labute approximate surface area is 74.1 Å². The van der Waals surface area contributed by atoms with Gasteiger partial charge < -0.3 is 5.11 Å². The van der Waals surface area contributed by atoms with E-state index in [4.69, 9.17) is 0 Å². The SMILES string of the molecule is C=C(C)CC(C)(O)C1C=CC=C1. The van der Waals surface area contributed by atoms with E-state index in [0.717, 1.165) is 5.57 Å². The van der Waals surface area contributed by atoms with Crippen LogP contribution in [0.15, 0.2) is 36.5 Å². The Morgan fingerprint density at radius 1 is 1.50 bits per heavy atom. The van der Waals surface area contributed by atoms with Gasteiger partial charge in [0, 0.05) is 5.92 Å². The molecule has 12 heavy (non-hydrogen) atoms. The van der Waals surface area contributed by atoms with Gasteiger partial charge in [0.25, 0.3) is 0 Å². The molecule has 1 heteroatoms. The highest BCUT2D eigenvalue weighted by Gasteiger charge is 2.28. The van der Waals surface area contributed by atoms with Crippen LogP contribution in [-0.4, -0.2) is 10.7 Å². The molecule has 0 spiro atoms. The second-order valence-electron chi connectivity index (χ2n) is 3.79. The van der Waals surface area contributed by atoms with Crippen molar-refractivity contribution in [1.82, 2.24) is 0 Å². The fourth-order valence-corrected chi connectivity index (χ4v) is 1.58. The van der Waals surface area contributed by atoms with Gasteiger partial charge in [0.1, 0.15) is 0 Å². The van der Waals surface area contributed by atoms with Crippen molar-refractivity contribution in [1.29, 1.82) is 0 Å². The Hall–Kier alpha value is -0.820. The molecule has 0 saturated carbocycles. The Kier molecular flexibility index (Phi) is 2.53. The smallest absolute Gasteiger partial charge is 0.0753 e. The van der Waals surface area contributed by atoms with Crippen LogP contribution in [0.4, 0.5) is 0 Å². The molecule has 0 aromatic heterocycles. The molecule has 0 heterocycles. The molecule has 0 aromatic rings. The van der Waals surface area contributed by atoms with E-state index in [-0.39, 0.29) is 5.92 Å². The third kappa shape index (κ3) is 2.08. The van der Waals surface area contributed by atoms with Crippen LogP contribution >= 0.6 is 0 Å². The maximum Gasteiger partial charge on any atom is 0.0753 e. The lowest BCUT2D eigenvalue weighted by Gasteiger charge is -2.27. The zero-order valence-corrected chi connectivity index (χ0v) is 7.75. The molecular formula is C11H16O. The fourth-order valence-electron chi connectivity index (χ4n) is 1.58. The summed E-state index contributed by atoms with van der Waals surface area (Å²) < 4.78 is 0. The van der Waals surface area contributed by atoms with Crippen LogP contribution in [0.25, 0.3) is 0 Å². The summed E-state index contributed by atoms with van der Waals surface area (Å²) in [6.45, 7) is 7.60. The van der Waals surface area contributed by atoms with Crippen LogP contribution < -0.4 is 0 Å². The average molecular weight is 164 g/mol. The van der Waals surface area contributed by atoms with Crippen molar-refractivity contribution in [2.75, 3.05) is 0 Å². The molecular weight excluding hydrogens is 148 g/mol. The van der Waals surface area contributed by atoms with Crippen LogP contribution in [0, 0.1) is 5.92 Å². The largest absolute Gasteiger partial charge is 0.389 e. The highest BCUT2D eigenvalue weighted by atomic mass is 16.3. The number of hydrogen-bond acceptors (Lipinski definition) is 1. The van der Waals surface area contributed by atoms with E-state index in [1.165, 1.54) is 0 Å². The van der Waals surface area contributed by atoms with Gasteiger partial charge in [-0.2, -0.15) is 0 Å². The van der Waals surface area contributed by atoms with Crippen molar-refractivity contribution in [3.63, 3.8) is 0 Å². The van der Waals surface area contributed by atoms with Crippen molar-refractivity contribution >= 4 is 0 Å². The molecule has 1 aliphatic carbocycles. The summed E-state index contributed by atoms with van der Waals surface area (Å²) in [5.41, 5.74) is 0.351. The Morgan fingerprint density at radius 2 is 2.00 bits per heavy atom. The predicted octanol–water partition coefficient (Wildman–Crippen LogP) is 2.45. The molecule has 0 saturated heterocycles. The normalized spacial score (nSPS) is 21.2. The van der Waals surface area contributed by atoms with Crippen LogP contribution in [-0.2, 0) is 0 Å². The van der Waals surface area contributed by atoms with Crippen molar-refractivity contribution in [3.05, 3.63) is 36.5 Å². The summed E-state index contributed by atoms with van der Waals surface area (Å²) in [5.74, 6) is 0.147. The van der Waals surface area contributed by atoms with Crippen LogP contribution in [0.3, 0.4) is 0 Å². The molecule has 0 fully saturated rings. The maximum absolute atomic E-state index is 10.0. The van der Waals surface area contributed by atoms with E-state index in [9.17, 15) is 5.11 Å². The molecule has 0 radical (unpaired) electrons. The Balaban J connectivity index is 2.64. The van der Waals surface area contributed by atoms with Crippen LogP contribution in [0.1, 0.15) is 20.3 Å². The van der Waals surface area contributed by atoms with Gasteiger partial charge in [-0.15, -0.1) is 6.58 Å². The van der Waals surface area contributed by atoms with Gasteiger partial charge in [-0.25, -0.2) is 0 Å². The molecule has 0 bridgehead atoms. The first-order valence-corrected chi connectivity index (χ1v) is 4.24. The lowest BCUT2D eigenvalue weighted by molar-refractivity contribution is 0.0358. The van der Waals surface area contributed by atoms with Crippen molar-refractivity contribution in [2.24, 2.45) is 5.92 Å².